The molecule has 0 fully saturated rings. The molecule has 0 amide bonds. The lowest BCUT2D eigenvalue weighted by molar-refractivity contribution is -0.148. The first kappa shape index (κ1) is 14.9. The van der Waals surface area contributed by atoms with Crippen molar-refractivity contribution in [1.82, 2.24) is 0 Å². The van der Waals surface area contributed by atoms with E-state index in [4.69, 9.17) is 15.2 Å². The Balaban J connectivity index is 4.06. The Bertz CT molecular complexity index is 134. The molecule has 3 nitrogen and oxygen atoms in total. The van der Waals surface area contributed by atoms with Gasteiger partial charge in [-0.1, -0.05) is 13.8 Å². The summed E-state index contributed by atoms with van der Waals surface area (Å²) in [5, 5.41) is 0. The molecular formula is C12H27NO2. The van der Waals surface area contributed by atoms with Gasteiger partial charge >= 0.3 is 0 Å². The predicted octanol–water partition coefficient (Wildman–Crippen LogP) is 2.40. The molecule has 0 aromatic heterocycles. The predicted molar refractivity (Wildman–Crippen MR) is 63.7 cm³/mol. The third kappa shape index (κ3) is 6.88. The van der Waals surface area contributed by atoms with Crippen LogP contribution in [0.3, 0.4) is 0 Å². The van der Waals surface area contributed by atoms with Crippen LogP contribution in [0, 0.1) is 11.8 Å². The van der Waals surface area contributed by atoms with E-state index in [9.17, 15) is 0 Å². The molecule has 1 unspecified atom stereocenters. The topological polar surface area (TPSA) is 44.5 Å². The zero-order valence-corrected chi connectivity index (χ0v) is 10.7. The van der Waals surface area contributed by atoms with Gasteiger partial charge in [-0.15, -0.1) is 0 Å². The summed E-state index contributed by atoms with van der Waals surface area (Å²) in [6.45, 7) is 10.6. The molecule has 1 atom stereocenters. The van der Waals surface area contributed by atoms with Gasteiger partial charge in [0.15, 0.2) is 6.29 Å². The number of hydrogen-bond acceptors (Lipinski definition) is 3. The van der Waals surface area contributed by atoms with E-state index in [-0.39, 0.29) is 6.29 Å². The van der Waals surface area contributed by atoms with Crippen LogP contribution in [-0.4, -0.2) is 26.0 Å². The molecule has 2 N–H and O–H groups in total. The molecule has 15 heavy (non-hydrogen) atoms. The Kier molecular flexibility index (Phi) is 9.06. The van der Waals surface area contributed by atoms with Crippen molar-refractivity contribution in [3.63, 3.8) is 0 Å². The molecular weight excluding hydrogens is 190 g/mol. The summed E-state index contributed by atoms with van der Waals surface area (Å²) in [4.78, 5) is 0. The Morgan fingerprint density at radius 1 is 1.07 bits per heavy atom. The van der Waals surface area contributed by atoms with Crippen LogP contribution in [0.4, 0.5) is 0 Å². The molecule has 0 spiro atoms. The highest BCUT2D eigenvalue weighted by atomic mass is 16.7. The van der Waals surface area contributed by atoms with E-state index in [0.29, 0.717) is 25.0 Å². The zero-order valence-electron chi connectivity index (χ0n) is 10.7. The molecule has 0 aliphatic carbocycles. The van der Waals surface area contributed by atoms with Gasteiger partial charge in [0.1, 0.15) is 0 Å². The van der Waals surface area contributed by atoms with E-state index in [1.807, 2.05) is 13.8 Å². The van der Waals surface area contributed by atoms with Gasteiger partial charge in [0.05, 0.1) is 0 Å². The van der Waals surface area contributed by atoms with Crippen molar-refractivity contribution >= 4 is 0 Å². The van der Waals surface area contributed by atoms with Crippen LogP contribution in [0.25, 0.3) is 0 Å². The lowest BCUT2D eigenvalue weighted by atomic mass is 9.89. The van der Waals surface area contributed by atoms with Crippen LogP contribution in [0.5, 0.6) is 0 Å². The second kappa shape index (κ2) is 9.13. The van der Waals surface area contributed by atoms with Gasteiger partial charge in [-0.05, 0) is 38.6 Å². The van der Waals surface area contributed by atoms with Crippen LogP contribution in [0.15, 0.2) is 0 Å². The summed E-state index contributed by atoms with van der Waals surface area (Å²) >= 11 is 0. The third-order valence-corrected chi connectivity index (χ3v) is 2.68. The molecule has 0 saturated heterocycles. The fourth-order valence-electron chi connectivity index (χ4n) is 1.74. The Morgan fingerprint density at radius 2 is 1.60 bits per heavy atom. The first-order chi connectivity index (χ1) is 7.15. The van der Waals surface area contributed by atoms with Crippen molar-refractivity contribution in [2.75, 3.05) is 19.8 Å². The van der Waals surface area contributed by atoms with Crippen molar-refractivity contribution in [3.05, 3.63) is 0 Å². The first-order valence-corrected chi connectivity index (χ1v) is 6.08. The molecule has 0 aromatic carbocycles. The van der Waals surface area contributed by atoms with Crippen LogP contribution < -0.4 is 5.73 Å². The number of hydrogen-bond donors (Lipinski definition) is 1. The van der Waals surface area contributed by atoms with E-state index < -0.39 is 0 Å². The van der Waals surface area contributed by atoms with E-state index in [2.05, 4.69) is 13.8 Å². The summed E-state index contributed by atoms with van der Waals surface area (Å²) in [5.41, 5.74) is 5.61. The number of nitrogens with two attached hydrogens (primary N) is 1. The molecule has 0 saturated carbocycles. The van der Waals surface area contributed by atoms with Gasteiger partial charge in [0, 0.05) is 19.6 Å². The van der Waals surface area contributed by atoms with Crippen LogP contribution >= 0.6 is 0 Å². The zero-order chi connectivity index (χ0) is 11.7. The highest BCUT2D eigenvalue weighted by Gasteiger charge is 2.19. The van der Waals surface area contributed by atoms with Crippen molar-refractivity contribution in [2.24, 2.45) is 17.6 Å². The summed E-state index contributed by atoms with van der Waals surface area (Å²) in [5.74, 6) is 1.23. The normalized spacial score (nSPS) is 13.8. The minimum absolute atomic E-state index is 0.0565. The molecule has 0 rings (SSSR count). The monoisotopic (exact) mass is 217 g/mol. The summed E-state index contributed by atoms with van der Waals surface area (Å²) < 4.78 is 11.1. The third-order valence-electron chi connectivity index (χ3n) is 2.68. The summed E-state index contributed by atoms with van der Waals surface area (Å²) in [6.07, 6.45) is 1.95. The average Bonchev–Trinajstić information content (AvgIpc) is 2.17. The number of rotatable bonds is 9. The second-order valence-corrected chi connectivity index (χ2v) is 4.16. The van der Waals surface area contributed by atoms with E-state index in [0.717, 1.165) is 19.4 Å². The minimum Gasteiger partial charge on any atom is -0.353 e. The maximum absolute atomic E-state index is 5.61. The Hall–Kier alpha value is -0.120. The lowest BCUT2D eigenvalue weighted by Gasteiger charge is -2.25. The molecule has 0 radical (unpaired) electrons. The smallest absolute Gasteiger partial charge is 0.157 e. The van der Waals surface area contributed by atoms with Crippen LogP contribution in [0.1, 0.15) is 40.5 Å². The molecule has 3 heteroatoms. The van der Waals surface area contributed by atoms with E-state index >= 15 is 0 Å². The van der Waals surface area contributed by atoms with Crippen LogP contribution in [-0.2, 0) is 9.47 Å². The van der Waals surface area contributed by atoms with Gasteiger partial charge in [-0.25, -0.2) is 0 Å². The van der Waals surface area contributed by atoms with Gasteiger partial charge in [-0.3, -0.25) is 0 Å². The Morgan fingerprint density at radius 3 is 1.93 bits per heavy atom. The summed E-state index contributed by atoms with van der Waals surface area (Å²) in [6, 6.07) is 0. The van der Waals surface area contributed by atoms with Crippen LogP contribution in [0.2, 0.25) is 0 Å². The van der Waals surface area contributed by atoms with E-state index in [1.165, 1.54) is 0 Å². The highest BCUT2D eigenvalue weighted by Crippen LogP contribution is 2.22. The molecule has 0 aliphatic heterocycles. The van der Waals surface area contributed by atoms with Gasteiger partial charge in [-0.2, -0.15) is 0 Å². The molecule has 0 aromatic rings. The van der Waals surface area contributed by atoms with Crippen molar-refractivity contribution in [1.29, 1.82) is 0 Å². The van der Waals surface area contributed by atoms with Crippen molar-refractivity contribution in [3.8, 4) is 0 Å². The molecule has 0 bridgehead atoms. The van der Waals surface area contributed by atoms with Gasteiger partial charge < -0.3 is 15.2 Å². The highest BCUT2D eigenvalue weighted by molar-refractivity contribution is 4.66. The maximum Gasteiger partial charge on any atom is 0.157 e. The lowest BCUT2D eigenvalue weighted by Crippen LogP contribution is -2.25. The standard InChI is InChI=1S/C12H27NO2/c1-5-14-12(15-6-2)9-11(7-8-13)10(3)4/h10-12H,5-9,13H2,1-4H3. The van der Waals surface area contributed by atoms with Crippen molar-refractivity contribution in [2.45, 2.75) is 46.8 Å². The maximum atomic E-state index is 5.61. The molecule has 92 valence electrons. The van der Waals surface area contributed by atoms with Gasteiger partial charge in [0.25, 0.3) is 0 Å². The fourth-order valence-corrected chi connectivity index (χ4v) is 1.74. The van der Waals surface area contributed by atoms with Gasteiger partial charge in [0.2, 0.25) is 0 Å². The Labute approximate surface area is 94.3 Å². The quantitative estimate of drug-likeness (QED) is 0.603. The second-order valence-electron chi connectivity index (χ2n) is 4.16. The van der Waals surface area contributed by atoms with Crippen molar-refractivity contribution < 1.29 is 9.47 Å². The SMILES string of the molecule is CCOC(CC(CCN)C(C)C)OCC. The molecule has 0 aliphatic rings. The summed E-state index contributed by atoms with van der Waals surface area (Å²) in [7, 11) is 0. The number of ether oxygens (including phenoxy) is 2. The largest absolute Gasteiger partial charge is 0.353 e. The molecule has 0 heterocycles. The van der Waals surface area contributed by atoms with E-state index in [1.54, 1.807) is 0 Å². The average molecular weight is 217 g/mol. The first-order valence-electron chi connectivity index (χ1n) is 6.08. The fraction of sp³-hybridized carbons (Fsp3) is 1.00. The minimum atomic E-state index is -0.0565.